The number of hydrogen-bond donors (Lipinski definition) is 4. The van der Waals surface area contributed by atoms with Crippen molar-refractivity contribution in [1.82, 2.24) is 19.6 Å². The largest absolute Gasteiger partial charge is 0.383 e. The molecule has 14 nitrogen and oxygen atoms in total. The van der Waals surface area contributed by atoms with Crippen molar-refractivity contribution in [2.24, 2.45) is 0 Å². The van der Waals surface area contributed by atoms with E-state index in [2.05, 4.69) is 30.4 Å². The van der Waals surface area contributed by atoms with Gasteiger partial charge in [0.1, 0.15) is 35.4 Å². The van der Waals surface area contributed by atoms with Gasteiger partial charge in [-0.15, -0.1) is 0 Å². The van der Waals surface area contributed by atoms with Crippen molar-refractivity contribution < 1.29 is 25.8 Å². The minimum absolute atomic E-state index is 0.0869. The molecule has 44 heavy (non-hydrogen) atoms. The van der Waals surface area contributed by atoms with Gasteiger partial charge in [-0.25, -0.2) is 18.4 Å². The Labute approximate surface area is 253 Å². The first-order valence-corrected chi connectivity index (χ1v) is 17.0. The lowest BCUT2D eigenvalue weighted by Gasteiger charge is -2.41. The van der Waals surface area contributed by atoms with Gasteiger partial charge < -0.3 is 19.9 Å². The number of rotatable bonds is 9. The van der Waals surface area contributed by atoms with Gasteiger partial charge in [0, 0.05) is 29.7 Å². The van der Waals surface area contributed by atoms with E-state index in [0.717, 1.165) is 12.5 Å². The number of aromatic nitrogens is 4. The number of nitrogens with zero attached hydrogens (tertiary/aromatic N) is 4. The molecule has 2 atom stereocenters. The number of para-hydroxylation sites is 1. The number of amides is 1. The Morgan fingerprint density at radius 2 is 1.77 bits per heavy atom. The average molecular weight is 637 g/mol. The van der Waals surface area contributed by atoms with Crippen LogP contribution in [0.3, 0.4) is 0 Å². The number of carbonyl (C=O) groups is 1. The molecule has 4 heterocycles. The van der Waals surface area contributed by atoms with Crippen LogP contribution in [-0.2, 0) is 20.1 Å². The number of fused-ring (bicyclic) bond motifs is 2. The Morgan fingerprint density at radius 1 is 1.00 bits per heavy atom. The molecule has 5 aromatic rings. The van der Waals surface area contributed by atoms with Crippen LogP contribution in [-0.4, -0.2) is 67.1 Å². The number of H-pyrrole nitrogens is 1. The van der Waals surface area contributed by atoms with Gasteiger partial charge in [-0.05, 0) is 48.9 Å². The Morgan fingerprint density at radius 3 is 2.50 bits per heavy atom. The van der Waals surface area contributed by atoms with Gasteiger partial charge in [-0.2, -0.15) is 8.42 Å². The lowest BCUT2D eigenvalue weighted by Crippen LogP contribution is -2.59. The summed E-state index contributed by atoms with van der Waals surface area (Å²) >= 11 is 0. The van der Waals surface area contributed by atoms with Gasteiger partial charge in [0.25, 0.3) is 5.91 Å². The monoisotopic (exact) mass is 636 g/mol. The summed E-state index contributed by atoms with van der Waals surface area (Å²) < 4.78 is 57.0. The van der Waals surface area contributed by atoms with E-state index >= 15 is 0 Å². The van der Waals surface area contributed by atoms with E-state index in [4.69, 9.17) is 4.18 Å². The summed E-state index contributed by atoms with van der Waals surface area (Å²) in [5, 5.41) is 3.97. The maximum atomic E-state index is 13.6. The normalized spacial score (nSPS) is 15.8. The lowest BCUT2D eigenvalue weighted by atomic mass is 10.0. The zero-order valence-electron chi connectivity index (χ0n) is 23.7. The van der Waals surface area contributed by atoms with Crippen molar-refractivity contribution in [2.75, 3.05) is 32.9 Å². The van der Waals surface area contributed by atoms with E-state index in [1.165, 1.54) is 18.5 Å². The third kappa shape index (κ3) is 5.89. The molecular formula is C28H28N8O6S2. The maximum Gasteiger partial charge on any atom is 0.306 e. The molecule has 1 amide bonds. The maximum absolute atomic E-state index is 13.6. The predicted molar refractivity (Wildman–Crippen MR) is 167 cm³/mol. The summed E-state index contributed by atoms with van der Waals surface area (Å²) in [6.07, 6.45) is 6.15. The second-order valence-electron chi connectivity index (χ2n) is 10.3. The highest BCUT2D eigenvalue weighted by atomic mass is 32.2. The van der Waals surface area contributed by atoms with Gasteiger partial charge in [0.05, 0.1) is 29.6 Å². The molecule has 1 aliphatic heterocycles. The Balaban J connectivity index is 1.41. The molecule has 0 radical (unpaired) electrons. The third-order valence-electron chi connectivity index (χ3n) is 6.85. The van der Waals surface area contributed by atoms with Crippen LogP contribution >= 0.6 is 0 Å². The molecule has 1 unspecified atom stereocenters. The summed E-state index contributed by atoms with van der Waals surface area (Å²) in [7, 11) is -7.61. The molecule has 1 aliphatic rings. The fraction of sp³-hybridized carbons (Fsp3) is 0.179. The van der Waals surface area contributed by atoms with Gasteiger partial charge in [-0.3, -0.25) is 19.1 Å². The van der Waals surface area contributed by atoms with Crippen LogP contribution in [0.5, 0.6) is 5.75 Å². The molecule has 0 saturated heterocycles. The Kier molecular flexibility index (Phi) is 7.17. The first-order chi connectivity index (χ1) is 20.9. The molecular weight excluding hydrogens is 608 g/mol. The molecule has 0 saturated carbocycles. The molecule has 2 aromatic carbocycles. The van der Waals surface area contributed by atoms with Crippen LogP contribution < -0.4 is 24.5 Å². The smallest absolute Gasteiger partial charge is 0.306 e. The molecule has 0 fully saturated rings. The van der Waals surface area contributed by atoms with Crippen molar-refractivity contribution in [3.05, 3.63) is 85.1 Å². The fourth-order valence-corrected chi connectivity index (χ4v) is 6.16. The Hall–Kier alpha value is -5.09. The van der Waals surface area contributed by atoms with Crippen LogP contribution in [0.4, 0.5) is 17.2 Å². The van der Waals surface area contributed by atoms with Gasteiger partial charge in [0.2, 0.25) is 10.0 Å². The van der Waals surface area contributed by atoms with Crippen molar-refractivity contribution in [3.8, 4) is 16.9 Å². The predicted octanol–water partition coefficient (Wildman–Crippen LogP) is 3.17. The summed E-state index contributed by atoms with van der Waals surface area (Å²) in [5.41, 5.74) is 6.14. The lowest BCUT2D eigenvalue weighted by molar-refractivity contribution is 0.0955. The van der Waals surface area contributed by atoms with Crippen LogP contribution in [0.15, 0.2) is 79.4 Å². The van der Waals surface area contributed by atoms with E-state index in [1.807, 2.05) is 37.3 Å². The van der Waals surface area contributed by atoms with E-state index < -0.39 is 32.3 Å². The average Bonchev–Trinajstić information content (AvgIpc) is 3.59. The third-order valence-corrected chi connectivity index (χ3v) is 7.95. The molecule has 6 rings (SSSR count). The molecule has 0 bridgehead atoms. The van der Waals surface area contributed by atoms with Crippen molar-refractivity contribution >= 4 is 54.3 Å². The highest BCUT2D eigenvalue weighted by molar-refractivity contribution is 7.92. The number of hydrogen-bond acceptors (Lipinski definition) is 10. The standard InChI is InChI=1S/C28H28N8O6S2/c1-17(27-33-35-11-7-10-23(35)28(37)36(27)20-8-5-4-6-9-20)32-26-24-22(15-29-25(24)30-16-31-26)18-12-19(34-43(2,38)39)14-21(13-18)42-44(3,40)41/h4-17,27,33-34H,1-3H3,(H2,29,30,31,32)/t17-,27?/m0/s1. The minimum atomic E-state index is -3.92. The second kappa shape index (κ2) is 10.9. The number of carbonyl (C=O) groups excluding carboxylic acids is 1. The summed E-state index contributed by atoms with van der Waals surface area (Å²) in [6, 6.07) is 16.7. The van der Waals surface area contributed by atoms with E-state index in [1.54, 1.807) is 40.2 Å². The summed E-state index contributed by atoms with van der Waals surface area (Å²) in [6.45, 7) is 1.91. The van der Waals surface area contributed by atoms with Crippen LogP contribution in [0.2, 0.25) is 0 Å². The minimum Gasteiger partial charge on any atom is -0.383 e. The van der Waals surface area contributed by atoms with E-state index in [9.17, 15) is 21.6 Å². The zero-order valence-corrected chi connectivity index (χ0v) is 25.3. The molecule has 0 spiro atoms. The molecule has 16 heteroatoms. The van der Waals surface area contributed by atoms with Crippen molar-refractivity contribution in [1.29, 1.82) is 0 Å². The highest BCUT2D eigenvalue weighted by Crippen LogP contribution is 2.37. The SMILES string of the molecule is C[C@H](Nc1ncnc2[nH]cc(-c3cc(NS(C)(=O)=O)cc(OS(C)(=O)=O)c3)c12)C1Nn2cccc2C(=O)N1c1ccccc1. The summed E-state index contributed by atoms with van der Waals surface area (Å²) in [4.78, 5) is 27.2. The zero-order chi connectivity index (χ0) is 31.2. The van der Waals surface area contributed by atoms with Crippen LogP contribution in [0.25, 0.3) is 22.2 Å². The second-order valence-corrected chi connectivity index (χ2v) is 13.7. The molecule has 0 aliphatic carbocycles. The summed E-state index contributed by atoms with van der Waals surface area (Å²) in [5.74, 6) is 0.157. The highest BCUT2D eigenvalue weighted by Gasteiger charge is 2.36. The van der Waals surface area contributed by atoms with E-state index in [0.29, 0.717) is 39.4 Å². The number of anilines is 3. The van der Waals surface area contributed by atoms with E-state index in [-0.39, 0.29) is 17.3 Å². The number of benzene rings is 2. The Bertz CT molecular complexity index is 2040. The van der Waals surface area contributed by atoms with Crippen LogP contribution in [0.1, 0.15) is 17.4 Å². The van der Waals surface area contributed by atoms with Crippen molar-refractivity contribution in [3.63, 3.8) is 0 Å². The number of aromatic amines is 1. The first-order valence-electron chi connectivity index (χ1n) is 13.3. The quantitative estimate of drug-likeness (QED) is 0.176. The fourth-order valence-electron chi connectivity index (χ4n) is 5.16. The number of sulfonamides is 1. The van der Waals surface area contributed by atoms with Crippen LogP contribution in [0, 0.1) is 0 Å². The molecule has 3 aromatic heterocycles. The van der Waals surface area contributed by atoms with Gasteiger partial charge in [0.15, 0.2) is 0 Å². The topological polar surface area (TPSA) is 180 Å². The molecule has 228 valence electrons. The van der Waals surface area contributed by atoms with Gasteiger partial charge >= 0.3 is 10.1 Å². The molecule has 4 N–H and O–H groups in total. The van der Waals surface area contributed by atoms with Crippen molar-refractivity contribution in [2.45, 2.75) is 19.1 Å². The number of nitrogens with one attached hydrogen (secondary N) is 4. The first kappa shape index (κ1) is 29.0. The van der Waals surface area contributed by atoms with Gasteiger partial charge in [-0.1, -0.05) is 18.2 Å².